The highest BCUT2D eigenvalue weighted by Crippen LogP contribution is 2.36. The molecule has 0 saturated heterocycles. The minimum Gasteiger partial charge on any atom is -0.493 e. The van der Waals surface area contributed by atoms with Crippen molar-refractivity contribution in [1.29, 1.82) is 0 Å². The number of aromatic amines is 1. The maximum Gasteiger partial charge on any atom is 0.259 e. The molecule has 0 fully saturated rings. The number of methoxy groups -OCH3 is 1. The Morgan fingerprint density at radius 1 is 1.28 bits per heavy atom. The lowest BCUT2D eigenvalue weighted by atomic mass is 10.1. The number of carbonyl (C=O) groups is 1. The molecule has 1 N–H and O–H groups in total. The maximum absolute atomic E-state index is 12.4. The summed E-state index contributed by atoms with van der Waals surface area (Å²) < 4.78 is 11.0. The first-order valence-electron chi connectivity index (χ1n) is 7.59. The van der Waals surface area contributed by atoms with E-state index in [1.807, 2.05) is 6.92 Å². The molecule has 0 radical (unpaired) electrons. The standard InChI is InChI=1S/C18H15ClN2O4/c1-3-25-15-11(5-4-6-14(15)24-2)17-20-13-8-7-10(16(19)22)9-12(13)18(23)21-17/h4-9H,3H2,1-2H3,(H,20,21,23). The number of rotatable bonds is 5. The van der Waals surface area contributed by atoms with E-state index in [1.165, 1.54) is 12.1 Å². The number of hydrogen-bond donors (Lipinski definition) is 1. The van der Waals surface area contributed by atoms with Crippen LogP contribution in [-0.4, -0.2) is 28.9 Å². The van der Waals surface area contributed by atoms with E-state index in [9.17, 15) is 9.59 Å². The van der Waals surface area contributed by atoms with Gasteiger partial charge >= 0.3 is 0 Å². The van der Waals surface area contributed by atoms with E-state index in [2.05, 4.69) is 9.97 Å². The number of nitrogens with zero attached hydrogens (tertiary/aromatic N) is 1. The smallest absolute Gasteiger partial charge is 0.259 e. The van der Waals surface area contributed by atoms with Gasteiger partial charge in [0, 0.05) is 5.56 Å². The largest absolute Gasteiger partial charge is 0.493 e. The summed E-state index contributed by atoms with van der Waals surface area (Å²) in [5.41, 5.74) is 0.930. The summed E-state index contributed by atoms with van der Waals surface area (Å²) in [6, 6.07) is 9.89. The van der Waals surface area contributed by atoms with Gasteiger partial charge in [-0.1, -0.05) is 6.07 Å². The second-order valence-electron chi connectivity index (χ2n) is 5.19. The fraction of sp³-hybridized carbons (Fsp3) is 0.167. The molecule has 128 valence electrons. The van der Waals surface area contributed by atoms with E-state index in [-0.39, 0.29) is 16.5 Å². The zero-order chi connectivity index (χ0) is 18.0. The number of fused-ring (bicyclic) bond motifs is 1. The lowest BCUT2D eigenvalue weighted by molar-refractivity contribution is 0.108. The molecule has 6 nitrogen and oxygen atoms in total. The lowest BCUT2D eigenvalue weighted by Gasteiger charge is -2.13. The van der Waals surface area contributed by atoms with Crippen LogP contribution in [0.1, 0.15) is 17.3 Å². The average Bonchev–Trinajstić information content (AvgIpc) is 2.61. The molecule has 0 saturated carbocycles. The molecule has 0 aliphatic heterocycles. The summed E-state index contributed by atoms with van der Waals surface area (Å²) in [6.45, 7) is 2.30. The predicted octanol–water partition coefficient (Wildman–Crippen LogP) is 3.38. The Balaban J connectivity index is 2.22. The molecule has 0 amide bonds. The van der Waals surface area contributed by atoms with Crippen LogP contribution in [0.3, 0.4) is 0 Å². The fourth-order valence-electron chi connectivity index (χ4n) is 2.54. The van der Waals surface area contributed by atoms with Crippen LogP contribution < -0.4 is 15.0 Å². The molecular weight excluding hydrogens is 344 g/mol. The van der Waals surface area contributed by atoms with E-state index in [1.54, 1.807) is 31.4 Å². The summed E-state index contributed by atoms with van der Waals surface area (Å²) in [5, 5.41) is -0.340. The van der Waals surface area contributed by atoms with Crippen LogP contribution >= 0.6 is 11.6 Å². The summed E-state index contributed by atoms with van der Waals surface area (Å²) in [4.78, 5) is 30.9. The van der Waals surface area contributed by atoms with Crippen LogP contribution in [-0.2, 0) is 0 Å². The van der Waals surface area contributed by atoms with E-state index in [0.29, 0.717) is 35.0 Å². The predicted molar refractivity (Wildman–Crippen MR) is 95.7 cm³/mol. The van der Waals surface area contributed by atoms with Gasteiger partial charge in [0.1, 0.15) is 5.82 Å². The van der Waals surface area contributed by atoms with Crippen molar-refractivity contribution in [1.82, 2.24) is 9.97 Å². The first-order valence-corrected chi connectivity index (χ1v) is 7.97. The second kappa shape index (κ2) is 6.94. The molecule has 1 aromatic heterocycles. The fourth-order valence-corrected chi connectivity index (χ4v) is 2.66. The molecule has 0 atom stereocenters. The molecule has 0 aliphatic carbocycles. The Bertz CT molecular complexity index is 1010. The number of halogens is 1. The highest BCUT2D eigenvalue weighted by molar-refractivity contribution is 6.67. The highest BCUT2D eigenvalue weighted by Gasteiger charge is 2.16. The first kappa shape index (κ1) is 17.0. The molecule has 0 spiro atoms. The number of H-pyrrole nitrogens is 1. The van der Waals surface area contributed by atoms with Gasteiger partial charge in [0.2, 0.25) is 0 Å². The molecule has 7 heteroatoms. The van der Waals surface area contributed by atoms with Crippen LogP contribution in [0.2, 0.25) is 0 Å². The molecule has 3 aromatic rings. The molecular formula is C18H15ClN2O4. The Morgan fingerprint density at radius 3 is 2.76 bits per heavy atom. The lowest BCUT2D eigenvalue weighted by Crippen LogP contribution is -2.11. The van der Waals surface area contributed by atoms with Gasteiger partial charge in [0.25, 0.3) is 10.8 Å². The number of hydrogen-bond acceptors (Lipinski definition) is 5. The van der Waals surface area contributed by atoms with Crippen molar-refractivity contribution in [3.63, 3.8) is 0 Å². The molecule has 1 heterocycles. The third-order valence-corrected chi connectivity index (χ3v) is 3.89. The number of para-hydroxylation sites is 1. The van der Waals surface area contributed by atoms with Crippen molar-refractivity contribution in [3.8, 4) is 22.9 Å². The van der Waals surface area contributed by atoms with E-state index >= 15 is 0 Å². The monoisotopic (exact) mass is 358 g/mol. The van der Waals surface area contributed by atoms with Crippen LogP contribution in [0.25, 0.3) is 22.3 Å². The van der Waals surface area contributed by atoms with Gasteiger partial charge in [-0.15, -0.1) is 0 Å². The molecule has 25 heavy (non-hydrogen) atoms. The van der Waals surface area contributed by atoms with Gasteiger partial charge in [-0.2, -0.15) is 0 Å². The third kappa shape index (κ3) is 3.21. The van der Waals surface area contributed by atoms with Crippen molar-refractivity contribution in [3.05, 3.63) is 52.3 Å². The number of ether oxygens (including phenoxy) is 2. The molecule has 0 unspecified atom stereocenters. The van der Waals surface area contributed by atoms with Crippen molar-refractivity contribution >= 4 is 27.7 Å². The van der Waals surface area contributed by atoms with Crippen LogP contribution in [0, 0.1) is 0 Å². The topological polar surface area (TPSA) is 81.3 Å². The normalized spacial score (nSPS) is 10.7. The minimum absolute atomic E-state index is 0.241. The van der Waals surface area contributed by atoms with E-state index in [4.69, 9.17) is 21.1 Å². The van der Waals surface area contributed by atoms with Gasteiger partial charge < -0.3 is 14.5 Å². The van der Waals surface area contributed by atoms with Crippen molar-refractivity contribution < 1.29 is 14.3 Å². The van der Waals surface area contributed by atoms with E-state index < -0.39 is 5.24 Å². The SMILES string of the molecule is CCOc1c(OC)cccc1-c1nc2ccc(C(=O)Cl)cc2c(=O)[nH]1. The van der Waals surface area contributed by atoms with Crippen molar-refractivity contribution in [2.75, 3.05) is 13.7 Å². The summed E-state index contributed by atoms with van der Waals surface area (Å²) in [6.07, 6.45) is 0. The van der Waals surface area contributed by atoms with Gasteiger partial charge in [-0.05, 0) is 48.9 Å². The quantitative estimate of drug-likeness (QED) is 0.707. The summed E-state index contributed by atoms with van der Waals surface area (Å²) >= 11 is 5.47. The van der Waals surface area contributed by atoms with Crippen LogP contribution in [0.4, 0.5) is 0 Å². The minimum atomic E-state index is -0.628. The van der Waals surface area contributed by atoms with Crippen LogP contribution in [0.5, 0.6) is 11.5 Å². The van der Waals surface area contributed by atoms with Crippen LogP contribution in [0.15, 0.2) is 41.2 Å². The second-order valence-corrected chi connectivity index (χ2v) is 5.53. The number of aromatic nitrogens is 2. The first-order chi connectivity index (χ1) is 12.0. The van der Waals surface area contributed by atoms with Gasteiger partial charge in [-0.3, -0.25) is 9.59 Å². The Labute approximate surface area is 148 Å². The number of carbonyl (C=O) groups excluding carboxylic acids is 1. The van der Waals surface area contributed by atoms with Gasteiger partial charge in [-0.25, -0.2) is 4.98 Å². The van der Waals surface area contributed by atoms with E-state index in [0.717, 1.165) is 0 Å². The maximum atomic E-state index is 12.4. The van der Waals surface area contributed by atoms with Crippen molar-refractivity contribution in [2.24, 2.45) is 0 Å². The Morgan fingerprint density at radius 2 is 2.08 bits per heavy atom. The number of nitrogens with one attached hydrogen (secondary N) is 1. The van der Waals surface area contributed by atoms with Gasteiger partial charge in [0.15, 0.2) is 11.5 Å². The molecule has 0 bridgehead atoms. The average molecular weight is 359 g/mol. The Hall–Kier alpha value is -2.86. The Kier molecular flexibility index (Phi) is 4.72. The number of benzene rings is 2. The summed E-state index contributed by atoms with van der Waals surface area (Å²) in [7, 11) is 1.54. The van der Waals surface area contributed by atoms with Crippen molar-refractivity contribution in [2.45, 2.75) is 6.92 Å². The highest BCUT2D eigenvalue weighted by atomic mass is 35.5. The summed E-state index contributed by atoms with van der Waals surface area (Å²) in [5.74, 6) is 1.40. The zero-order valence-electron chi connectivity index (χ0n) is 13.6. The molecule has 2 aromatic carbocycles. The third-order valence-electron chi connectivity index (χ3n) is 3.67. The molecule has 0 aliphatic rings. The molecule has 3 rings (SSSR count). The zero-order valence-corrected chi connectivity index (χ0v) is 14.4. The van der Waals surface area contributed by atoms with Gasteiger partial charge in [0.05, 0.1) is 30.2 Å².